The van der Waals surface area contributed by atoms with Crippen LogP contribution in [0.3, 0.4) is 0 Å². The molecule has 1 atom stereocenters. The van der Waals surface area contributed by atoms with E-state index in [0.29, 0.717) is 5.02 Å². The van der Waals surface area contributed by atoms with E-state index >= 15 is 0 Å². The minimum atomic E-state index is -3.82. The molecule has 10 heteroatoms. The molecule has 1 aliphatic rings. The van der Waals surface area contributed by atoms with Crippen LogP contribution in [0.5, 0.6) is 0 Å². The number of hydrogen-bond donors (Lipinski definition) is 2. The highest BCUT2D eigenvalue weighted by Crippen LogP contribution is 2.26. The second-order valence-electron chi connectivity index (χ2n) is 7.22. The lowest BCUT2D eigenvalue weighted by Gasteiger charge is -2.26. The highest BCUT2D eigenvalue weighted by atomic mass is 35.5. The van der Waals surface area contributed by atoms with Crippen LogP contribution >= 0.6 is 11.6 Å². The summed E-state index contributed by atoms with van der Waals surface area (Å²) in [5.41, 5.74) is 0.814. The van der Waals surface area contributed by atoms with Gasteiger partial charge in [-0.25, -0.2) is 26.3 Å². The molecule has 0 aliphatic heterocycles. The van der Waals surface area contributed by atoms with Gasteiger partial charge in [-0.2, -0.15) is 0 Å². The van der Waals surface area contributed by atoms with Crippen molar-refractivity contribution in [3.63, 3.8) is 0 Å². The zero-order chi connectivity index (χ0) is 21.2. The van der Waals surface area contributed by atoms with Crippen LogP contribution in [0.2, 0.25) is 5.02 Å². The van der Waals surface area contributed by atoms with Crippen LogP contribution in [-0.4, -0.2) is 48.4 Å². The van der Waals surface area contributed by atoms with Crippen molar-refractivity contribution in [2.75, 3.05) is 20.6 Å². The van der Waals surface area contributed by atoms with Crippen molar-refractivity contribution in [1.82, 2.24) is 14.3 Å². The van der Waals surface area contributed by atoms with Gasteiger partial charge in [0.15, 0.2) is 0 Å². The van der Waals surface area contributed by atoms with Crippen molar-refractivity contribution in [2.45, 2.75) is 34.7 Å². The number of benzene rings is 2. The fourth-order valence-corrected chi connectivity index (χ4v) is 5.48. The molecule has 29 heavy (non-hydrogen) atoms. The van der Waals surface area contributed by atoms with Crippen molar-refractivity contribution in [3.05, 3.63) is 59.1 Å². The molecule has 0 aromatic heterocycles. The molecular formula is C19H24ClN3O4S2. The summed E-state index contributed by atoms with van der Waals surface area (Å²) >= 11 is 6.26. The molecule has 0 amide bonds. The average Bonchev–Trinajstić information content (AvgIpc) is 3.46. The molecule has 1 saturated carbocycles. The number of nitrogens with zero attached hydrogens (tertiary/aromatic N) is 1. The summed E-state index contributed by atoms with van der Waals surface area (Å²) in [6, 6.07) is 12.2. The van der Waals surface area contributed by atoms with Gasteiger partial charge in [-0.3, -0.25) is 0 Å². The largest absolute Gasteiger partial charge is 0.301 e. The molecule has 0 spiro atoms. The van der Waals surface area contributed by atoms with Gasteiger partial charge in [-0.1, -0.05) is 29.8 Å². The van der Waals surface area contributed by atoms with E-state index in [2.05, 4.69) is 9.44 Å². The smallest absolute Gasteiger partial charge is 0.240 e. The standard InChI is InChI=1S/C19H24ClN3O4S2/c1-23(2)19(17-5-3-4-6-18(17)20)13-21-28(24,25)15-9-11-16(12-10-15)29(26,27)22-14-7-8-14/h3-6,9-12,14,19,21-22H,7-8,13H2,1-2H3. The summed E-state index contributed by atoms with van der Waals surface area (Å²) in [5.74, 6) is 0. The lowest BCUT2D eigenvalue weighted by atomic mass is 10.1. The molecule has 2 aromatic rings. The number of likely N-dealkylation sites (N-methyl/N-ethyl adjacent to an activating group) is 1. The quantitative estimate of drug-likeness (QED) is 0.602. The molecule has 2 N–H and O–H groups in total. The number of halogens is 1. The Morgan fingerprint density at radius 1 is 0.966 bits per heavy atom. The Bertz CT molecular complexity index is 1070. The first-order valence-corrected chi connectivity index (χ1v) is 12.5. The fourth-order valence-electron chi connectivity index (χ4n) is 2.87. The highest BCUT2D eigenvalue weighted by Gasteiger charge is 2.28. The first-order chi connectivity index (χ1) is 13.6. The predicted molar refractivity (Wildman–Crippen MR) is 113 cm³/mol. The second-order valence-corrected chi connectivity index (χ2v) is 11.1. The summed E-state index contributed by atoms with van der Waals surface area (Å²) in [5, 5.41) is 0.558. The van der Waals surface area contributed by atoms with E-state index in [0.717, 1.165) is 18.4 Å². The molecule has 0 saturated heterocycles. The Kier molecular flexibility index (Phi) is 6.67. The Morgan fingerprint density at radius 2 is 1.52 bits per heavy atom. The minimum absolute atomic E-state index is 0.000429. The van der Waals surface area contributed by atoms with Gasteiger partial charge in [0.2, 0.25) is 20.0 Å². The SMILES string of the molecule is CN(C)C(CNS(=O)(=O)c1ccc(S(=O)(=O)NC2CC2)cc1)c1ccccc1Cl. The van der Waals surface area contributed by atoms with E-state index in [1.165, 1.54) is 24.3 Å². The highest BCUT2D eigenvalue weighted by molar-refractivity contribution is 7.90. The number of sulfonamides is 2. The van der Waals surface area contributed by atoms with Crippen molar-refractivity contribution in [2.24, 2.45) is 0 Å². The fraction of sp³-hybridized carbons (Fsp3) is 0.368. The lowest BCUT2D eigenvalue weighted by molar-refractivity contribution is 0.299. The van der Waals surface area contributed by atoms with Gasteiger partial charge >= 0.3 is 0 Å². The molecule has 2 aromatic carbocycles. The van der Waals surface area contributed by atoms with Crippen LogP contribution in [0.15, 0.2) is 58.3 Å². The monoisotopic (exact) mass is 457 g/mol. The van der Waals surface area contributed by atoms with Gasteiger partial charge in [0.25, 0.3) is 0 Å². The molecule has 7 nitrogen and oxygen atoms in total. The zero-order valence-electron chi connectivity index (χ0n) is 16.2. The third kappa shape index (κ3) is 5.56. The molecule has 1 fully saturated rings. The summed E-state index contributed by atoms with van der Waals surface area (Å²) in [6.07, 6.45) is 1.65. The lowest BCUT2D eigenvalue weighted by Crippen LogP contribution is -2.34. The van der Waals surface area contributed by atoms with Crippen LogP contribution in [0.4, 0.5) is 0 Å². The van der Waals surface area contributed by atoms with E-state index < -0.39 is 20.0 Å². The van der Waals surface area contributed by atoms with E-state index in [-0.39, 0.29) is 28.4 Å². The Morgan fingerprint density at radius 3 is 2.03 bits per heavy atom. The summed E-state index contributed by atoms with van der Waals surface area (Å²) in [6.45, 7) is 0.113. The first-order valence-electron chi connectivity index (χ1n) is 9.13. The molecule has 0 heterocycles. The van der Waals surface area contributed by atoms with Crippen LogP contribution < -0.4 is 9.44 Å². The molecular weight excluding hydrogens is 434 g/mol. The van der Waals surface area contributed by atoms with Crippen molar-refractivity contribution in [1.29, 1.82) is 0 Å². The first kappa shape index (κ1) is 22.2. The van der Waals surface area contributed by atoms with Crippen LogP contribution in [0, 0.1) is 0 Å². The average molecular weight is 458 g/mol. The maximum Gasteiger partial charge on any atom is 0.240 e. The third-order valence-corrected chi connectivity index (χ3v) is 8.02. The number of rotatable bonds is 9. The van der Waals surface area contributed by atoms with Gasteiger partial charge in [0.1, 0.15) is 0 Å². The number of nitrogens with one attached hydrogen (secondary N) is 2. The molecule has 1 unspecified atom stereocenters. The zero-order valence-corrected chi connectivity index (χ0v) is 18.6. The minimum Gasteiger partial charge on any atom is -0.301 e. The van der Waals surface area contributed by atoms with Crippen LogP contribution in [0.1, 0.15) is 24.4 Å². The van der Waals surface area contributed by atoms with E-state index in [9.17, 15) is 16.8 Å². The number of hydrogen-bond acceptors (Lipinski definition) is 5. The topological polar surface area (TPSA) is 95.6 Å². The van der Waals surface area contributed by atoms with Crippen molar-refractivity contribution >= 4 is 31.6 Å². The Labute approximate surface area is 177 Å². The Hall–Kier alpha value is -1.49. The summed E-state index contributed by atoms with van der Waals surface area (Å²) in [4.78, 5) is 1.92. The van der Waals surface area contributed by atoms with Gasteiger partial charge in [0.05, 0.1) is 9.79 Å². The van der Waals surface area contributed by atoms with E-state index in [4.69, 9.17) is 11.6 Å². The molecule has 1 aliphatic carbocycles. The predicted octanol–water partition coefficient (Wildman–Crippen LogP) is 2.36. The van der Waals surface area contributed by atoms with Crippen LogP contribution in [-0.2, 0) is 20.0 Å². The van der Waals surface area contributed by atoms with Gasteiger partial charge in [-0.15, -0.1) is 0 Å². The van der Waals surface area contributed by atoms with E-state index in [1.807, 2.05) is 37.2 Å². The van der Waals surface area contributed by atoms with Crippen molar-refractivity contribution in [3.8, 4) is 0 Å². The third-order valence-electron chi connectivity index (χ3n) is 4.70. The second kappa shape index (κ2) is 8.71. The van der Waals surface area contributed by atoms with Gasteiger partial charge in [0, 0.05) is 23.7 Å². The summed E-state index contributed by atoms with van der Waals surface area (Å²) in [7, 11) is -3.76. The van der Waals surface area contributed by atoms with Crippen molar-refractivity contribution < 1.29 is 16.8 Å². The van der Waals surface area contributed by atoms with Crippen LogP contribution in [0.25, 0.3) is 0 Å². The molecule has 3 rings (SSSR count). The molecule has 0 bridgehead atoms. The normalized spacial score (nSPS) is 16.1. The van der Waals surface area contributed by atoms with Gasteiger partial charge in [-0.05, 0) is 62.8 Å². The molecule has 158 valence electrons. The summed E-state index contributed by atoms with van der Waals surface area (Å²) < 4.78 is 55.0. The Balaban J connectivity index is 1.74. The van der Waals surface area contributed by atoms with E-state index in [1.54, 1.807) is 6.07 Å². The molecule has 0 radical (unpaired) electrons. The maximum absolute atomic E-state index is 12.7. The maximum atomic E-state index is 12.7. The van der Waals surface area contributed by atoms with Gasteiger partial charge < -0.3 is 4.90 Å².